The molecule has 0 unspecified atom stereocenters. The summed E-state index contributed by atoms with van der Waals surface area (Å²) in [7, 11) is 0. The van der Waals surface area contributed by atoms with Gasteiger partial charge in [0.2, 0.25) is 0 Å². The Bertz CT molecular complexity index is 534. The van der Waals surface area contributed by atoms with Crippen molar-refractivity contribution in [3.8, 4) is 0 Å². The average molecular weight is 340 g/mol. The number of nitrogens with one attached hydrogen (secondary N) is 1. The number of aromatic nitrogens is 1. The van der Waals surface area contributed by atoms with Gasteiger partial charge in [0, 0.05) is 31.6 Å². The Kier molecular flexibility index (Phi) is 6.17. The van der Waals surface area contributed by atoms with Gasteiger partial charge in [0.15, 0.2) is 0 Å². The fourth-order valence-electron chi connectivity index (χ4n) is 2.90. The molecule has 1 saturated heterocycles. The predicted octanol–water partition coefficient (Wildman–Crippen LogP) is 2.80. The van der Waals surface area contributed by atoms with Crippen molar-refractivity contribution >= 4 is 17.2 Å². The van der Waals surface area contributed by atoms with Crippen LogP contribution >= 0.6 is 11.3 Å². The third-order valence-electron chi connectivity index (χ3n) is 4.14. The maximum Gasteiger partial charge on any atom is 0.263 e. The smallest absolute Gasteiger partial charge is 0.263 e. The molecule has 2 rings (SSSR count). The van der Waals surface area contributed by atoms with E-state index in [9.17, 15) is 4.79 Å². The second-order valence-electron chi connectivity index (χ2n) is 6.89. The van der Waals surface area contributed by atoms with E-state index in [4.69, 9.17) is 4.74 Å². The number of ether oxygens (including phenoxy) is 1. The number of morpholine rings is 1. The van der Waals surface area contributed by atoms with Crippen molar-refractivity contribution in [3.63, 3.8) is 0 Å². The number of aryl methyl sites for hydroxylation is 1. The first-order valence-corrected chi connectivity index (χ1v) is 9.24. The van der Waals surface area contributed by atoms with E-state index in [1.165, 1.54) is 11.3 Å². The fourth-order valence-corrected chi connectivity index (χ4v) is 3.89. The van der Waals surface area contributed by atoms with Gasteiger partial charge in [0.1, 0.15) is 4.88 Å². The van der Waals surface area contributed by atoms with Crippen molar-refractivity contribution in [2.24, 2.45) is 0 Å². The van der Waals surface area contributed by atoms with Gasteiger partial charge in [-0.2, -0.15) is 0 Å². The second-order valence-corrected chi connectivity index (χ2v) is 7.92. The summed E-state index contributed by atoms with van der Waals surface area (Å²) in [6.07, 6.45) is 0.489. The predicted molar refractivity (Wildman–Crippen MR) is 94.3 cm³/mol. The average Bonchev–Trinajstić information content (AvgIpc) is 2.85. The van der Waals surface area contributed by atoms with Crippen molar-refractivity contribution in [1.29, 1.82) is 0 Å². The molecular weight excluding hydrogens is 310 g/mol. The molecule has 1 aliphatic heterocycles. The molecule has 23 heavy (non-hydrogen) atoms. The number of thiazole rings is 1. The number of carbonyl (C=O) groups is 1. The molecule has 130 valence electrons. The molecule has 6 heteroatoms. The van der Waals surface area contributed by atoms with Crippen molar-refractivity contribution in [1.82, 2.24) is 15.2 Å². The molecular formula is C17H29N3O2S. The van der Waals surface area contributed by atoms with Crippen LogP contribution in [0, 0.1) is 6.92 Å². The van der Waals surface area contributed by atoms with Crippen molar-refractivity contribution in [3.05, 3.63) is 15.6 Å². The maximum atomic E-state index is 12.4. The first-order chi connectivity index (χ1) is 10.8. The summed E-state index contributed by atoms with van der Waals surface area (Å²) in [5.74, 6) is 0.351. The first kappa shape index (κ1) is 18.4. The summed E-state index contributed by atoms with van der Waals surface area (Å²) in [5, 5.41) is 4.09. The van der Waals surface area contributed by atoms with Crippen LogP contribution in [0.4, 0.5) is 0 Å². The van der Waals surface area contributed by atoms with E-state index < -0.39 is 0 Å². The lowest BCUT2D eigenvalue weighted by molar-refractivity contribution is -0.0778. The number of rotatable bonds is 5. The summed E-state index contributed by atoms with van der Waals surface area (Å²) in [5.41, 5.74) is 0.831. The van der Waals surface area contributed by atoms with Crippen LogP contribution in [0.25, 0.3) is 0 Å². The fraction of sp³-hybridized carbons (Fsp3) is 0.765. The van der Waals surface area contributed by atoms with Crippen LogP contribution in [0.2, 0.25) is 0 Å². The van der Waals surface area contributed by atoms with Crippen molar-refractivity contribution in [2.45, 2.75) is 65.7 Å². The highest BCUT2D eigenvalue weighted by Crippen LogP contribution is 2.24. The van der Waals surface area contributed by atoms with Crippen LogP contribution in [0.3, 0.4) is 0 Å². The molecule has 1 aromatic rings. The second kappa shape index (κ2) is 7.73. The molecule has 1 aromatic heterocycles. The van der Waals surface area contributed by atoms with Crippen molar-refractivity contribution in [2.75, 3.05) is 19.6 Å². The molecule has 0 spiro atoms. The molecule has 5 nitrogen and oxygen atoms in total. The van der Waals surface area contributed by atoms with Gasteiger partial charge in [0.25, 0.3) is 5.91 Å². The Morgan fingerprint density at radius 3 is 2.48 bits per heavy atom. The summed E-state index contributed by atoms with van der Waals surface area (Å²) in [4.78, 5) is 20.1. The molecule has 1 N–H and O–H groups in total. The van der Waals surface area contributed by atoms with Gasteiger partial charge < -0.3 is 10.1 Å². The minimum Gasteiger partial charge on any atom is -0.373 e. The summed E-state index contributed by atoms with van der Waals surface area (Å²) < 4.78 is 5.77. The number of nitrogens with zero attached hydrogens (tertiary/aromatic N) is 2. The summed E-state index contributed by atoms with van der Waals surface area (Å²) >= 11 is 1.51. The first-order valence-electron chi connectivity index (χ1n) is 8.43. The Morgan fingerprint density at radius 2 is 1.96 bits per heavy atom. The van der Waals surface area contributed by atoms with Gasteiger partial charge in [-0.3, -0.25) is 9.69 Å². The minimum absolute atomic E-state index is 0.00638. The topological polar surface area (TPSA) is 54.5 Å². The molecule has 3 atom stereocenters. The van der Waals surface area contributed by atoms with Crippen LogP contribution in [-0.2, 0) is 4.74 Å². The van der Waals surface area contributed by atoms with Crippen LogP contribution in [0.15, 0.2) is 0 Å². The number of hydrogen-bond acceptors (Lipinski definition) is 5. The number of hydrogen-bond donors (Lipinski definition) is 1. The Balaban J connectivity index is 1.91. The highest BCUT2D eigenvalue weighted by atomic mass is 32.1. The van der Waals surface area contributed by atoms with E-state index in [0.29, 0.717) is 18.5 Å². The monoisotopic (exact) mass is 339 g/mol. The minimum atomic E-state index is -0.00638. The van der Waals surface area contributed by atoms with Crippen LogP contribution in [0.1, 0.15) is 60.9 Å². The Labute approximate surface area is 143 Å². The van der Waals surface area contributed by atoms with Crippen LogP contribution in [0.5, 0.6) is 0 Å². The van der Waals surface area contributed by atoms with Crippen LogP contribution < -0.4 is 5.32 Å². The van der Waals surface area contributed by atoms with E-state index in [0.717, 1.165) is 28.7 Å². The molecule has 0 aromatic carbocycles. The van der Waals surface area contributed by atoms with E-state index in [-0.39, 0.29) is 18.1 Å². The lowest BCUT2D eigenvalue weighted by Gasteiger charge is -2.38. The lowest BCUT2D eigenvalue weighted by Crippen LogP contribution is -2.52. The molecule has 0 aliphatic carbocycles. The quantitative estimate of drug-likeness (QED) is 0.896. The van der Waals surface area contributed by atoms with Gasteiger partial charge >= 0.3 is 0 Å². The molecule has 0 radical (unpaired) electrons. The molecule has 0 bridgehead atoms. The van der Waals surface area contributed by atoms with Crippen molar-refractivity contribution < 1.29 is 9.53 Å². The SMILES string of the molecule is Cc1nc(C(C)C)sc1C(=O)NC[C@H](C)N1C[C@@H](C)O[C@H](C)C1. The maximum absolute atomic E-state index is 12.4. The zero-order valence-corrected chi connectivity index (χ0v) is 15.9. The van der Waals surface area contributed by atoms with E-state index in [1.807, 2.05) is 6.92 Å². The van der Waals surface area contributed by atoms with E-state index in [2.05, 4.69) is 49.8 Å². The Morgan fingerprint density at radius 1 is 1.35 bits per heavy atom. The summed E-state index contributed by atoms with van der Waals surface area (Å²) in [6.45, 7) is 14.9. The standard InChI is InChI=1S/C17H29N3O2S/c1-10(2)17-19-14(6)15(23-17)16(21)18-7-11(3)20-8-12(4)22-13(5)9-20/h10-13H,7-9H2,1-6H3,(H,18,21)/t11-,12+,13+/m0/s1. The highest BCUT2D eigenvalue weighted by Gasteiger charge is 2.26. The van der Waals surface area contributed by atoms with Gasteiger partial charge in [-0.1, -0.05) is 13.8 Å². The summed E-state index contributed by atoms with van der Waals surface area (Å²) in [6, 6.07) is 0.297. The number of amides is 1. The van der Waals surface area contributed by atoms with Gasteiger partial charge in [-0.05, 0) is 27.7 Å². The van der Waals surface area contributed by atoms with Crippen LogP contribution in [-0.4, -0.2) is 53.7 Å². The molecule has 0 saturated carbocycles. The van der Waals surface area contributed by atoms with Gasteiger partial charge in [-0.25, -0.2) is 4.98 Å². The van der Waals surface area contributed by atoms with Gasteiger partial charge in [0.05, 0.1) is 22.9 Å². The largest absolute Gasteiger partial charge is 0.373 e. The highest BCUT2D eigenvalue weighted by molar-refractivity contribution is 7.13. The third kappa shape index (κ3) is 4.75. The Hall–Kier alpha value is -0.980. The normalized spacial score (nSPS) is 24.0. The molecule has 1 amide bonds. The molecule has 1 fully saturated rings. The zero-order valence-electron chi connectivity index (χ0n) is 15.0. The van der Waals surface area contributed by atoms with E-state index >= 15 is 0 Å². The van der Waals surface area contributed by atoms with E-state index in [1.54, 1.807) is 0 Å². The number of carbonyl (C=O) groups excluding carboxylic acids is 1. The zero-order chi connectivity index (χ0) is 17.1. The third-order valence-corrected chi connectivity index (χ3v) is 5.60. The molecule has 1 aliphatic rings. The lowest BCUT2D eigenvalue weighted by atomic mass is 10.1. The van der Waals surface area contributed by atoms with Gasteiger partial charge in [-0.15, -0.1) is 11.3 Å². The molecule has 2 heterocycles.